The summed E-state index contributed by atoms with van der Waals surface area (Å²) in [5.41, 5.74) is 6.12. The van der Waals surface area contributed by atoms with Crippen LogP contribution in [0, 0.1) is 0 Å². The molecule has 118 valence electrons. The van der Waals surface area contributed by atoms with Crippen molar-refractivity contribution in [3.8, 4) is 5.75 Å². The number of nitrogen functional groups attached to an aromatic ring is 1. The van der Waals surface area contributed by atoms with Gasteiger partial charge in [-0.2, -0.15) is 13.2 Å². The number of hydrogen-bond acceptors (Lipinski definition) is 4. The van der Waals surface area contributed by atoms with Crippen LogP contribution in [0.4, 0.5) is 18.9 Å². The molecule has 1 aliphatic rings. The molecule has 0 amide bonds. The van der Waals surface area contributed by atoms with Crippen LogP contribution in [0.2, 0.25) is 0 Å². The van der Waals surface area contributed by atoms with E-state index < -0.39 is 18.8 Å². The number of alkyl halides is 3. The van der Waals surface area contributed by atoms with Gasteiger partial charge in [0.15, 0.2) is 0 Å². The minimum Gasteiger partial charge on any atom is -0.491 e. The number of hydrogen-bond donors (Lipinski definition) is 2. The Labute approximate surface area is 121 Å². The molecule has 0 bridgehead atoms. The van der Waals surface area contributed by atoms with Gasteiger partial charge >= 0.3 is 6.18 Å². The summed E-state index contributed by atoms with van der Waals surface area (Å²) in [6, 6.07) is 6.54. The third kappa shape index (κ3) is 5.81. The highest BCUT2D eigenvalue weighted by Crippen LogP contribution is 2.30. The quantitative estimate of drug-likeness (QED) is 0.757. The van der Waals surface area contributed by atoms with Gasteiger partial charge in [-0.05, 0) is 37.1 Å². The third-order valence-electron chi connectivity index (χ3n) is 3.21. The average molecular weight is 304 g/mol. The van der Waals surface area contributed by atoms with E-state index in [1.807, 2.05) is 0 Å². The summed E-state index contributed by atoms with van der Waals surface area (Å²) in [6.45, 7) is -1.08. The second-order valence-corrected chi connectivity index (χ2v) is 5.31. The highest BCUT2D eigenvalue weighted by molar-refractivity contribution is 5.41. The van der Waals surface area contributed by atoms with Gasteiger partial charge in [-0.3, -0.25) is 4.90 Å². The van der Waals surface area contributed by atoms with Crippen molar-refractivity contribution in [1.29, 1.82) is 0 Å². The Morgan fingerprint density at radius 2 is 1.90 bits per heavy atom. The molecule has 1 aromatic carbocycles. The van der Waals surface area contributed by atoms with Crippen LogP contribution in [0.3, 0.4) is 0 Å². The Morgan fingerprint density at radius 1 is 1.29 bits per heavy atom. The molecule has 0 spiro atoms. The Morgan fingerprint density at radius 3 is 2.43 bits per heavy atom. The first-order chi connectivity index (χ1) is 9.83. The maximum Gasteiger partial charge on any atom is 0.401 e. The maximum absolute atomic E-state index is 12.5. The van der Waals surface area contributed by atoms with E-state index in [-0.39, 0.29) is 19.2 Å². The standard InChI is InChI=1S/C14H19F3N2O2/c15-14(16,17)9-19(11-3-4-11)7-12(20)8-21-13-5-1-10(18)2-6-13/h1-2,5-6,11-12,20H,3-4,7-9,18H2. The first-order valence-corrected chi connectivity index (χ1v) is 6.81. The number of anilines is 1. The predicted molar refractivity (Wildman–Crippen MR) is 73.0 cm³/mol. The summed E-state index contributed by atoms with van der Waals surface area (Å²) in [5, 5.41) is 9.85. The van der Waals surface area contributed by atoms with Crippen LogP contribution < -0.4 is 10.5 Å². The van der Waals surface area contributed by atoms with Gasteiger partial charge in [0.25, 0.3) is 0 Å². The molecule has 0 aromatic heterocycles. The van der Waals surface area contributed by atoms with Gasteiger partial charge in [0.1, 0.15) is 18.5 Å². The summed E-state index contributed by atoms with van der Waals surface area (Å²) >= 11 is 0. The molecule has 1 atom stereocenters. The molecule has 0 radical (unpaired) electrons. The average Bonchev–Trinajstić information content (AvgIpc) is 3.20. The van der Waals surface area contributed by atoms with E-state index >= 15 is 0 Å². The zero-order valence-electron chi connectivity index (χ0n) is 11.5. The molecule has 1 fully saturated rings. The van der Waals surface area contributed by atoms with Crippen LogP contribution >= 0.6 is 0 Å². The summed E-state index contributed by atoms with van der Waals surface area (Å²) < 4.78 is 42.7. The molecular weight excluding hydrogens is 285 g/mol. The molecule has 1 unspecified atom stereocenters. The lowest BCUT2D eigenvalue weighted by molar-refractivity contribution is -0.150. The largest absolute Gasteiger partial charge is 0.491 e. The molecular formula is C14H19F3N2O2. The highest BCUT2D eigenvalue weighted by atomic mass is 19.4. The SMILES string of the molecule is Nc1ccc(OCC(O)CN(CC(F)(F)F)C2CC2)cc1. The molecule has 4 nitrogen and oxygen atoms in total. The molecule has 0 saturated heterocycles. The van der Waals surface area contributed by atoms with Crippen molar-refractivity contribution in [3.63, 3.8) is 0 Å². The first kappa shape index (κ1) is 15.9. The van der Waals surface area contributed by atoms with E-state index in [1.54, 1.807) is 24.3 Å². The predicted octanol–water partition coefficient (Wildman–Crippen LogP) is 2.04. The summed E-state index contributed by atoms with van der Waals surface area (Å²) in [6.07, 6.45) is -3.71. The van der Waals surface area contributed by atoms with Crippen molar-refractivity contribution in [2.75, 3.05) is 25.4 Å². The van der Waals surface area contributed by atoms with Gasteiger partial charge in [0, 0.05) is 18.3 Å². The summed E-state index contributed by atoms with van der Waals surface area (Å²) in [5.74, 6) is 0.525. The number of nitrogens with two attached hydrogens (primary N) is 1. The van der Waals surface area contributed by atoms with Gasteiger partial charge in [0.05, 0.1) is 6.54 Å². The van der Waals surface area contributed by atoms with Crippen molar-refractivity contribution in [3.05, 3.63) is 24.3 Å². The fourth-order valence-corrected chi connectivity index (χ4v) is 2.09. The lowest BCUT2D eigenvalue weighted by Crippen LogP contribution is -2.42. The van der Waals surface area contributed by atoms with Gasteiger partial charge < -0.3 is 15.6 Å². The van der Waals surface area contributed by atoms with Crippen molar-refractivity contribution >= 4 is 5.69 Å². The van der Waals surface area contributed by atoms with Gasteiger partial charge in [-0.25, -0.2) is 0 Å². The maximum atomic E-state index is 12.5. The molecule has 2 rings (SSSR count). The van der Waals surface area contributed by atoms with Crippen molar-refractivity contribution < 1.29 is 23.0 Å². The second kappa shape index (κ2) is 6.53. The molecule has 1 aliphatic carbocycles. The minimum absolute atomic E-state index is 0.0425. The van der Waals surface area contributed by atoms with Crippen molar-refractivity contribution in [2.45, 2.75) is 31.2 Å². The fraction of sp³-hybridized carbons (Fsp3) is 0.571. The molecule has 1 aromatic rings. The summed E-state index contributed by atoms with van der Waals surface area (Å²) in [4.78, 5) is 1.27. The Balaban J connectivity index is 1.79. The number of halogens is 3. The summed E-state index contributed by atoms with van der Waals surface area (Å²) in [7, 11) is 0. The van der Waals surface area contributed by atoms with Crippen LogP contribution in [0.1, 0.15) is 12.8 Å². The zero-order valence-corrected chi connectivity index (χ0v) is 11.5. The number of ether oxygens (including phenoxy) is 1. The van der Waals surface area contributed by atoms with E-state index in [1.165, 1.54) is 4.90 Å². The van der Waals surface area contributed by atoms with Crippen LogP contribution in [0.25, 0.3) is 0 Å². The second-order valence-electron chi connectivity index (χ2n) is 5.31. The Hall–Kier alpha value is -1.47. The number of aliphatic hydroxyl groups is 1. The molecule has 1 saturated carbocycles. The highest BCUT2D eigenvalue weighted by Gasteiger charge is 2.38. The third-order valence-corrected chi connectivity index (χ3v) is 3.21. The van der Waals surface area contributed by atoms with Gasteiger partial charge in [0.2, 0.25) is 0 Å². The van der Waals surface area contributed by atoms with Crippen molar-refractivity contribution in [2.24, 2.45) is 0 Å². The number of rotatable bonds is 7. The fourth-order valence-electron chi connectivity index (χ4n) is 2.09. The normalized spacial score (nSPS) is 17.0. The van der Waals surface area contributed by atoms with Crippen LogP contribution in [-0.4, -0.2) is 48.0 Å². The number of aliphatic hydroxyl groups excluding tert-OH is 1. The van der Waals surface area contributed by atoms with Crippen LogP contribution in [0.5, 0.6) is 5.75 Å². The molecule has 0 aliphatic heterocycles. The van der Waals surface area contributed by atoms with Gasteiger partial charge in [-0.1, -0.05) is 0 Å². The van der Waals surface area contributed by atoms with E-state index in [2.05, 4.69) is 0 Å². The molecule has 7 heteroatoms. The van der Waals surface area contributed by atoms with E-state index in [9.17, 15) is 18.3 Å². The lowest BCUT2D eigenvalue weighted by atomic mass is 10.3. The van der Waals surface area contributed by atoms with E-state index in [4.69, 9.17) is 10.5 Å². The molecule has 0 heterocycles. The molecule has 21 heavy (non-hydrogen) atoms. The van der Waals surface area contributed by atoms with Crippen LogP contribution in [-0.2, 0) is 0 Å². The molecule has 3 N–H and O–H groups in total. The smallest absolute Gasteiger partial charge is 0.401 e. The first-order valence-electron chi connectivity index (χ1n) is 6.81. The topological polar surface area (TPSA) is 58.7 Å². The Kier molecular flexibility index (Phi) is 4.95. The Bertz CT molecular complexity index is 447. The lowest BCUT2D eigenvalue weighted by Gasteiger charge is -2.25. The van der Waals surface area contributed by atoms with E-state index in [0.717, 1.165) is 12.8 Å². The zero-order chi connectivity index (χ0) is 15.5. The van der Waals surface area contributed by atoms with Crippen LogP contribution in [0.15, 0.2) is 24.3 Å². The van der Waals surface area contributed by atoms with Crippen molar-refractivity contribution in [1.82, 2.24) is 4.90 Å². The minimum atomic E-state index is -4.25. The number of nitrogens with zero attached hydrogens (tertiary/aromatic N) is 1. The number of benzene rings is 1. The van der Waals surface area contributed by atoms with E-state index in [0.29, 0.717) is 11.4 Å². The monoisotopic (exact) mass is 304 g/mol. The van der Waals surface area contributed by atoms with Gasteiger partial charge in [-0.15, -0.1) is 0 Å².